The van der Waals surface area contributed by atoms with Crippen molar-refractivity contribution >= 4 is 37.9 Å². The number of aliphatic carboxylic acids is 1. The van der Waals surface area contributed by atoms with E-state index in [-0.39, 0.29) is 29.3 Å². The number of hydrogen-bond donors (Lipinski definition) is 2. The maximum atomic E-state index is 12.3. The average molecular weight is 433 g/mol. The largest absolute Gasteiger partial charge is 0.479 e. The molecular formula is C15H19N3O8S2. The number of carboxylic acids is 1. The first kappa shape index (κ1) is 21.6. The number of nitrogens with one attached hydrogen (secondary N) is 1. The highest BCUT2D eigenvalue weighted by Crippen LogP contribution is 2.19. The minimum atomic E-state index is -3.84. The SMILES string of the molecule is CCS(=O)(=O)N1CCN(C(=O)NC(C(=O)O)c2ccc(S(C)(=O)=O)cc2)C1=O. The number of carboxylic acid groups (broad SMARTS) is 1. The predicted octanol–water partition coefficient (Wildman–Crippen LogP) is 0.0127. The van der Waals surface area contributed by atoms with Gasteiger partial charge in [-0.25, -0.2) is 40.4 Å². The first-order valence-corrected chi connectivity index (χ1v) is 11.5. The minimum absolute atomic E-state index is 0.0261. The molecule has 1 aliphatic heterocycles. The van der Waals surface area contributed by atoms with E-state index in [0.29, 0.717) is 9.21 Å². The Balaban J connectivity index is 2.20. The molecule has 1 fully saturated rings. The molecule has 0 spiro atoms. The highest BCUT2D eigenvalue weighted by atomic mass is 32.2. The lowest BCUT2D eigenvalue weighted by molar-refractivity contribution is -0.139. The normalized spacial score (nSPS) is 16.1. The summed E-state index contributed by atoms with van der Waals surface area (Å²) in [5.74, 6) is -1.76. The standard InChI is InChI=1S/C15H19N3O8S2/c1-3-28(25,26)18-9-8-17(15(18)22)14(21)16-12(13(19)20)10-4-6-11(7-5-10)27(2,23)24/h4-7,12H,3,8-9H2,1-2H3,(H,16,21)(H,19,20). The van der Waals surface area contributed by atoms with E-state index < -0.39 is 43.9 Å². The van der Waals surface area contributed by atoms with Gasteiger partial charge in [0, 0.05) is 6.26 Å². The molecule has 2 N–H and O–H groups in total. The number of carbonyl (C=O) groups is 3. The molecule has 0 aromatic heterocycles. The van der Waals surface area contributed by atoms with Gasteiger partial charge in [0.25, 0.3) is 0 Å². The van der Waals surface area contributed by atoms with Gasteiger partial charge in [-0.2, -0.15) is 0 Å². The van der Waals surface area contributed by atoms with Crippen LogP contribution in [0.25, 0.3) is 0 Å². The third-order valence-electron chi connectivity index (χ3n) is 4.07. The Hall–Kier alpha value is -2.67. The van der Waals surface area contributed by atoms with E-state index in [9.17, 15) is 36.3 Å². The first-order chi connectivity index (χ1) is 12.9. The second-order valence-corrected chi connectivity index (χ2v) is 10.2. The molecule has 1 heterocycles. The summed E-state index contributed by atoms with van der Waals surface area (Å²) in [6, 6.07) is 1.16. The summed E-state index contributed by atoms with van der Waals surface area (Å²) in [7, 11) is -7.32. The summed E-state index contributed by atoms with van der Waals surface area (Å²) in [5, 5.41) is 11.5. The van der Waals surface area contributed by atoms with Gasteiger partial charge in [-0.1, -0.05) is 12.1 Å². The Labute approximate surface area is 161 Å². The van der Waals surface area contributed by atoms with E-state index in [4.69, 9.17) is 0 Å². The van der Waals surface area contributed by atoms with Crippen molar-refractivity contribution in [2.75, 3.05) is 25.1 Å². The van der Waals surface area contributed by atoms with Gasteiger partial charge < -0.3 is 10.4 Å². The lowest BCUT2D eigenvalue weighted by Crippen LogP contribution is -2.46. The molecular weight excluding hydrogens is 414 g/mol. The van der Waals surface area contributed by atoms with Gasteiger partial charge >= 0.3 is 18.0 Å². The summed E-state index contributed by atoms with van der Waals surface area (Å²) in [4.78, 5) is 36.7. The fourth-order valence-corrected chi connectivity index (χ4v) is 4.15. The molecule has 13 heteroatoms. The van der Waals surface area contributed by atoms with Crippen LogP contribution in [0.5, 0.6) is 0 Å². The molecule has 0 aliphatic carbocycles. The van der Waals surface area contributed by atoms with Gasteiger partial charge in [0.2, 0.25) is 10.0 Å². The Kier molecular flexibility index (Phi) is 5.99. The van der Waals surface area contributed by atoms with Crippen LogP contribution in [0.2, 0.25) is 0 Å². The third-order valence-corrected chi connectivity index (χ3v) is 6.94. The fourth-order valence-electron chi connectivity index (χ4n) is 2.52. The third kappa shape index (κ3) is 4.42. The molecule has 1 saturated heterocycles. The van der Waals surface area contributed by atoms with Gasteiger partial charge in [0.05, 0.1) is 23.7 Å². The Bertz CT molecular complexity index is 1000. The Morgan fingerprint density at radius 1 is 1.14 bits per heavy atom. The molecule has 4 amide bonds. The van der Waals surface area contributed by atoms with Crippen LogP contribution in [0, 0.1) is 0 Å². The van der Waals surface area contributed by atoms with Gasteiger partial charge in [-0.15, -0.1) is 0 Å². The van der Waals surface area contributed by atoms with Crippen LogP contribution in [0.3, 0.4) is 0 Å². The fraction of sp³-hybridized carbons (Fsp3) is 0.400. The maximum absolute atomic E-state index is 12.3. The van der Waals surface area contributed by atoms with E-state index in [1.807, 2.05) is 0 Å². The van der Waals surface area contributed by atoms with E-state index >= 15 is 0 Å². The van der Waals surface area contributed by atoms with E-state index in [1.165, 1.54) is 31.2 Å². The molecule has 2 rings (SSSR count). The number of nitrogens with zero attached hydrogens (tertiary/aromatic N) is 2. The minimum Gasteiger partial charge on any atom is -0.479 e. The molecule has 28 heavy (non-hydrogen) atoms. The lowest BCUT2D eigenvalue weighted by Gasteiger charge is -2.20. The number of carbonyl (C=O) groups excluding carboxylic acids is 2. The quantitative estimate of drug-likeness (QED) is 0.635. The molecule has 1 unspecified atom stereocenters. The molecule has 1 aliphatic rings. The summed E-state index contributed by atoms with van der Waals surface area (Å²) in [5.41, 5.74) is 0.0814. The lowest BCUT2D eigenvalue weighted by atomic mass is 10.1. The van der Waals surface area contributed by atoms with Crippen molar-refractivity contribution in [3.8, 4) is 0 Å². The molecule has 11 nitrogen and oxygen atoms in total. The molecule has 0 radical (unpaired) electrons. The Morgan fingerprint density at radius 3 is 2.18 bits per heavy atom. The molecule has 0 saturated carbocycles. The molecule has 1 aromatic carbocycles. The van der Waals surface area contributed by atoms with E-state index in [2.05, 4.69) is 5.32 Å². The smallest absolute Gasteiger partial charge is 0.341 e. The molecule has 154 valence electrons. The summed E-state index contributed by atoms with van der Waals surface area (Å²) in [6.07, 6.45) is 0.994. The van der Waals surface area contributed by atoms with E-state index in [0.717, 1.165) is 6.26 Å². The topological polar surface area (TPSA) is 158 Å². The van der Waals surface area contributed by atoms with Crippen molar-refractivity contribution in [1.29, 1.82) is 0 Å². The van der Waals surface area contributed by atoms with Gasteiger partial charge in [0.1, 0.15) is 0 Å². The molecule has 1 atom stereocenters. The van der Waals surface area contributed by atoms with Crippen LogP contribution >= 0.6 is 0 Å². The zero-order valence-corrected chi connectivity index (χ0v) is 16.7. The number of hydrogen-bond acceptors (Lipinski definition) is 7. The zero-order valence-electron chi connectivity index (χ0n) is 15.0. The van der Waals surface area contributed by atoms with Crippen LogP contribution in [-0.2, 0) is 24.7 Å². The second kappa shape index (κ2) is 7.75. The first-order valence-electron chi connectivity index (χ1n) is 8.03. The number of sulfonamides is 1. The van der Waals surface area contributed by atoms with Crippen LogP contribution in [-0.4, -0.2) is 74.3 Å². The van der Waals surface area contributed by atoms with Crippen molar-refractivity contribution in [2.45, 2.75) is 17.9 Å². The zero-order chi connectivity index (χ0) is 21.3. The van der Waals surface area contributed by atoms with Crippen LogP contribution < -0.4 is 5.32 Å². The summed E-state index contributed by atoms with van der Waals surface area (Å²) >= 11 is 0. The predicted molar refractivity (Wildman–Crippen MR) is 96.7 cm³/mol. The van der Waals surface area contributed by atoms with E-state index in [1.54, 1.807) is 0 Å². The van der Waals surface area contributed by atoms with Crippen LogP contribution in [0.1, 0.15) is 18.5 Å². The van der Waals surface area contributed by atoms with Gasteiger partial charge in [-0.05, 0) is 24.6 Å². The van der Waals surface area contributed by atoms with Gasteiger partial charge in [0.15, 0.2) is 15.9 Å². The Morgan fingerprint density at radius 2 is 1.71 bits per heavy atom. The van der Waals surface area contributed by atoms with Crippen molar-refractivity contribution in [2.24, 2.45) is 0 Å². The van der Waals surface area contributed by atoms with Crippen molar-refractivity contribution < 1.29 is 36.3 Å². The van der Waals surface area contributed by atoms with Crippen molar-refractivity contribution in [3.05, 3.63) is 29.8 Å². The highest BCUT2D eigenvalue weighted by molar-refractivity contribution is 7.90. The highest BCUT2D eigenvalue weighted by Gasteiger charge is 2.40. The maximum Gasteiger partial charge on any atom is 0.341 e. The number of imide groups is 1. The summed E-state index contributed by atoms with van der Waals surface area (Å²) < 4.78 is 47.2. The average Bonchev–Trinajstić information content (AvgIpc) is 3.01. The van der Waals surface area contributed by atoms with Crippen molar-refractivity contribution in [3.63, 3.8) is 0 Å². The second-order valence-electron chi connectivity index (χ2n) is 5.97. The number of benzene rings is 1. The monoisotopic (exact) mass is 433 g/mol. The van der Waals surface area contributed by atoms with Crippen LogP contribution in [0.4, 0.5) is 9.59 Å². The molecule has 1 aromatic rings. The van der Waals surface area contributed by atoms with Crippen LogP contribution in [0.15, 0.2) is 29.2 Å². The molecule has 0 bridgehead atoms. The van der Waals surface area contributed by atoms with Crippen molar-refractivity contribution in [1.82, 2.24) is 14.5 Å². The summed E-state index contributed by atoms with van der Waals surface area (Å²) in [6.45, 7) is 0.915. The number of rotatable bonds is 6. The number of urea groups is 2. The number of amides is 4. The number of sulfone groups is 1. The van der Waals surface area contributed by atoms with Gasteiger partial charge in [-0.3, -0.25) is 0 Å².